The normalized spacial score (nSPS) is 14.0. The van der Waals surface area contributed by atoms with E-state index < -0.39 is 8.32 Å². The third kappa shape index (κ3) is 3.74. The molecule has 6 heteroatoms. The van der Waals surface area contributed by atoms with Gasteiger partial charge in [-0.05, 0) is 75.6 Å². The fourth-order valence-electron chi connectivity index (χ4n) is 2.92. The molecule has 1 amide bonds. The highest BCUT2D eigenvalue weighted by Crippen LogP contribution is 2.42. The maximum Gasteiger partial charge on any atom is 0.252 e. The summed E-state index contributed by atoms with van der Waals surface area (Å²) in [7, 11) is -0.291. The third-order valence-electron chi connectivity index (χ3n) is 5.56. The molecule has 1 aliphatic rings. The largest absolute Gasteiger partial charge is 0.541 e. The average Bonchev–Trinajstić information content (AvgIpc) is 2.97. The van der Waals surface area contributed by atoms with Crippen LogP contribution in [-0.4, -0.2) is 21.3 Å². The number of benzene rings is 2. The molecule has 1 aliphatic heterocycles. The van der Waals surface area contributed by atoms with E-state index in [0.29, 0.717) is 6.54 Å². The zero-order valence-electron chi connectivity index (χ0n) is 16.7. The van der Waals surface area contributed by atoms with E-state index in [1.807, 2.05) is 18.2 Å². The van der Waals surface area contributed by atoms with Gasteiger partial charge in [-0.3, -0.25) is 4.79 Å². The first-order valence-corrected chi connectivity index (χ1v) is 13.0. The third-order valence-corrected chi connectivity index (χ3v) is 10.8. The van der Waals surface area contributed by atoms with Gasteiger partial charge in [0.05, 0.1) is 12.7 Å². The van der Waals surface area contributed by atoms with E-state index >= 15 is 0 Å². The Morgan fingerprint density at radius 2 is 1.81 bits per heavy atom. The summed E-state index contributed by atoms with van der Waals surface area (Å²) in [6.45, 7) is 11.7. The highest BCUT2D eigenvalue weighted by Gasteiger charge is 2.39. The molecule has 1 N–H and O–H groups in total. The lowest BCUT2D eigenvalue weighted by Crippen LogP contribution is -2.43. The summed E-state index contributed by atoms with van der Waals surface area (Å²) in [5.41, 5.74) is 3.92. The second kappa shape index (κ2) is 7.13. The number of ether oxygens (including phenoxy) is 1. The summed E-state index contributed by atoms with van der Waals surface area (Å²) in [5, 5.41) is 3.04. The van der Waals surface area contributed by atoms with Gasteiger partial charge in [0.1, 0.15) is 5.75 Å². The molecule has 2 aromatic carbocycles. The van der Waals surface area contributed by atoms with Crippen LogP contribution in [0.5, 0.6) is 11.5 Å². The number of nitrogens with one attached hydrogen (secondary N) is 1. The number of carbonyl (C=O) groups is 1. The van der Waals surface area contributed by atoms with Gasteiger partial charge in [0.25, 0.3) is 14.2 Å². The number of amides is 1. The molecule has 0 unspecified atom stereocenters. The molecule has 0 atom stereocenters. The Hall–Kier alpha value is -1.54. The van der Waals surface area contributed by atoms with E-state index in [1.165, 1.54) is 0 Å². The molecule has 0 radical (unpaired) electrons. The van der Waals surface area contributed by atoms with Crippen molar-refractivity contribution in [3.8, 4) is 22.6 Å². The topological polar surface area (TPSA) is 47.6 Å². The van der Waals surface area contributed by atoms with Crippen LogP contribution in [0.4, 0.5) is 0 Å². The van der Waals surface area contributed by atoms with Crippen molar-refractivity contribution < 1.29 is 14.0 Å². The molecule has 0 spiro atoms. The number of rotatable bonds is 4. The number of carbonyl (C=O) groups excluding carboxylic acids is 1. The lowest BCUT2D eigenvalue weighted by atomic mass is 9.96. The number of fused-ring (bicyclic) bond motifs is 1. The Balaban J connectivity index is 2.03. The molecule has 2 aromatic rings. The van der Waals surface area contributed by atoms with E-state index in [-0.39, 0.29) is 10.9 Å². The minimum Gasteiger partial charge on any atom is -0.541 e. The van der Waals surface area contributed by atoms with Gasteiger partial charge in [-0.1, -0.05) is 32.9 Å². The van der Waals surface area contributed by atoms with Gasteiger partial charge in [-0.25, -0.2) is 0 Å². The summed E-state index contributed by atoms with van der Waals surface area (Å²) < 4.78 is 13.1. The van der Waals surface area contributed by atoms with Gasteiger partial charge in [0.2, 0.25) is 0 Å². The van der Waals surface area contributed by atoms with Crippen molar-refractivity contribution in [2.24, 2.45) is 0 Å². The molecule has 144 valence electrons. The van der Waals surface area contributed by atoms with Crippen molar-refractivity contribution in [2.75, 3.05) is 7.11 Å². The van der Waals surface area contributed by atoms with Crippen molar-refractivity contribution in [2.45, 2.75) is 45.4 Å². The SMILES string of the molecule is COc1cc(-c2ccc(I)c3c2CNC3=O)ccc1O[Si](C)(C)C(C)(C)C. The quantitative estimate of drug-likeness (QED) is 0.444. The van der Waals surface area contributed by atoms with Gasteiger partial charge in [0, 0.05) is 10.1 Å². The summed E-state index contributed by atoms with van der Waals surface area (Å²) in [6.07, 6.45) is 0. The first kappa shape index (κ1) is 20.2. The fraction of sp³-hybridized carbons (Fsp3) is 0.381. The van der Waals surface area contributed by atoms with Crippen molar-refractivity contribution in [3.63, 3.8) is 0 Å². The fourth-order valence-corrected chi connectivity index (χ4v) is 4.70. The number of halogens is 1. The van der Waals surface area contributed by atoms with Crippen LogP contribution in [-0.2, 0) is 6.54 Å². The maximum atomic E-state index is 12.1. The van der Waals surface area contributed by atoms with Crippen molar-refractivity contribution >= 4 is 36.8 Å². The second-order valence-corrected chi connectivity index (χ2v) is 14.2. The molecule has 0 bridgehead atoms. The van der Waals surface area contributed by atoms with Gasteiger partial charge in [-0.2, -0.15) is 0 Å². The van der Waals surface area contributed by atoms with Crippen molar-refractivity contribution in [3.05, 3.63) is 45.0 Å². The predicted molar refractivity (Wildman–Crippen MR) is 120 cm³/mol. The molecular formula is C21H26INO3Si. The zero-order chi connectivity index (χ0) is 20.0. The summed E-state index contributed by atoms with van der Waals surface area (Å²) in [6, 6.07) is 10.1. The maximum absolute atomic E-state index is 12.1. The highest BCUT2D eigenvalue weighted by molar-refractivity contribution is 14.1. The molecule has 0 fully saturated rings. The summed E-state index contributed by atoms with van der Waals surface area (Å²) in [4.78, 5) is 12.1. The van der Waals surface area contributed by atoms with Crippen LogP contribution in [0.3, 0.4) is 0 Å². The van der Waals surface area contributed by atoms with E-state index in [0.717, 1.165) is 37.3 Å². The molecule has 3 rings (SSSR count). The Kier molecular flexibility index (Phi) is 5.33. The highest BCUT2D eigenvalue weighted by atomic mass is 127. The van der Waals surface area contributed by atoms with Crippen LogP contribution < -0.4 is 14.5 Å². The summed E-state index contributed by atoms with van der Waals surface area (Å²) >= 11 is 2.22. The van der Waals surface area contributed by atoms with Gasteiger partial charge < -0.3 is 14.5 Å². The van der Waals surface area contributed by atoms with Crippen LogP contribution in [0.2, 0.25) is 18.1 Å². The molecule has 0 aliphatic carbocycles. The predicted octanol–water partition coefficient (Wildman–Crippen LogP) is 5.59. The molecule has 1 heterocycles. The Labute approximate surface area is 175 Å². The Morgan fingerprint density at radius 3 is 2.44 bits per heavy atom. The van der Waals surface area contributed by atoms with E-state index in [4.69, 9.17) is 9.16 Å². The van der Waals surface area contributed by atoms with Gasteiger partial charge >= 0.3 is 0 Å². The number of hydrogen-bond donors (Lipinski definition) is 1. The number of methoxy groups -OCH3 is 1. The lowest BCUT2D eigenvalue weighted by molar-refractivity contribution is 0.0965. The van der Waals surface area contributed by atoms with Crippen LogP contribution in [0.1, 0.15) is 36.7 Å². The molecule has 0 aromatic heterocycles. The van der Waals surface area contributed by atoms with Crippen molar-refractivity contribution in [1.82, 2.24) is 5.32 Å². The Bertz CT molecular complexity index is 903. The average molecular weight is 495 g/mol. The van der Waals surface area contributed by atoms with Crippen LogP contribution in [0, 0.1) is 3.57 Å². The van der Waals surface area contributed by atoms with Crippen LogP contribution in [0.15, 0.2) is 30.3 Å². The molecule has 0 saturated carbocycles. The Morgan fingerprint density at radius 1 is 1.11 bits per heavy atom. The smallest absolute Gasteiger partial charge is 0.252 e. The standard InChI is InChI=1S/C21H26INO3Si/c1-21(2,3)27(5,6)26-17-10-7-13(11-18(17)25-4)14-8-9-16(22)19-15(14)12-23-20(19)24/h7-11H,12H2,1-6H3,(H,23,24). The monoisotopic (exact) mass is 495 g/mol. The van der Waals surface area contributed by atoms with Crippen LogP contribution in [0.25, 0.3) is 11.1 Å². The van der Waals surface area contributed by atoms with Crippen LogP contribution >= 0.6 is 22.6 Å². The van der Waals surface area contributed by atoms with E-state index in [9.17, 15) is 4.79 Å². The van der Waals surface area contributed by atoms with E-state index in [2.05, 4.69) is 73.9 Å². The first-order valence-electron chi connectivity index (χ1n) is 9.02. The molecular weight excluding hydrogens is 469 g/mol. The van der Waals surface area contributed by atoms with Gasteiger partial charge in [-0.15, -0.1) is 0 Å². The van der Waals surface area contributed by atoms with E-state index in [1.54, 1.807) is 7.11 Å². The molecule has 0 saturated heterocycles. The molecule has 27 heavy (non-hydrogen) atoms. The molecule has 4 nitrogen and oxygen atoms in total. The lowest BCUT2D eigenvalue weighted by Gasteiger charge is -2.36. The zero-order valence-corrected chi connectivity index (χ0v) is 19.9. The summed E-state index contributed by atoms with van der Waals surface area (Å²) in [5.74, 6) is 1.51. The van der Waals surface area contributed by atoms with Gasteiger partial charge in [0.15, 0.2) is 5.75 Å². The first-order chi connectivity index (χ1) is 12.5. The minimum absolute atomic E-state index is 0.00101. The second-order valence-electron chi connectivity index (χ2n) is 8.36. The minimum atomic E-state index is -1.96. The number of hydrogen-bond acceptors (Lipinski definition) is 3. The van der Waals surface area contributed by atoms with Crippen molar-refractivity contribution in [1.29, 1.82) is 0 Å².